The zero-order valence-electron chi connectivity index (χ0n) is 4.70. The van der Waals surface area contributed by atoms with E-state index in [0.29, 0.717) is 0 Å². The van der Waals surface area contributed by atoms with E-state index in [1.165, 1.54) is 0 Å². The molecule has 0 aromatic carbocycles. The number of pyridine rings is 1. The first kappa shape index (κ1) is 7.75. The van der Waals surface area contributed by atoms with Crippen molar-refractivity contribution in [3.05, 3.63) is 30.6 Å². The molecule has 0 atom stereocenters. The number of hydrogen-bond donors (Lipinski definition) is 0. The Morgan fingerprint density at radius 3 is 1.78 bits per heavy atom. The van der Waals surface area contributed by atoms with Gasteiger partial charge in [0.05, 0.1) is 0 Å². The predicted octanol–water partition coefficient (Wildman–Crippen LogP) is 1.23. The first-order valence-corrected chi connectivity index (χ1v) is 2.30. The van der Waals surface area contributed by atoms with Crippen molar-refractivity contribution in [1.29, 1.82) is 0 Å². The highest BCUT2D eigenvalue weighted by Gasteiger charge is 1.58. The van der Waals surface area contributed by atoms with Gasteiger partial charge in [-0.3, -0.25) is 9.78 Å². The second-order valence-electron chi connectivity index (χ2n) is 1.11. The van der Waals surface area contributed by atoms with E-state index in [4.69, 9.17) is 4.79 Å². The third-order valence-corrected chi connectivity index (χ3v) is 0.566. The van der Waals surface area contributed by atoms with Gasteiger partial charge in [0.2, 0.25) is 0 Å². The van der Waals surface area contributed by atoms with Gasteiger partial charge in [0.15, 0.2) is 0 Å². The van der Waals surface area contributed by atoms with Crippen LogP contribution in [0.2, 0.25) is 0 Å². The number of carbonyl (C=O) groups is 1. The van der Waals surface area contributed by atoms with Crippen molar-refractivity contribution in [2.45, 2.75) is 0 Å². The van der Waals surface area contributed by atoms with Gasteiger partial charge in [-0.1, -0.05) is 6.07 Å². The van der Waals surface area contributed by atoms with E-state index >= 15 is 0 Å². The summed E-state index contributed by atoms with van der Waals surface area (Å²) < 4.78 is 9.61. The minimum Gasteiger partial charge on any atom is -0.265 e. The molecule has 0 amide bonds. The van der Waals surface area contributed by atoms with Gasteiger partial charge in [0, 0.05) is 12.4 Å². The van der Waals surface area contributed by atoms with E-state index in [0.717, 1.165) is 0 Å². The molecule has 0 saturated heterocycles. The molecule has 9 heavy (non-hydrogen) atoms. The maximum Gasteiger partial charge on any atom is 0.289 e. The van der Waals surface area contributed by atoms with Crippen LogP contribution >= 0.6 is 0 Å². The third kappa shape index (κ3) is 6.75. The summed E-state index contributed by atoms with van der Waals surface area (Å²) in [6.45, 7) is -0.750. The quantitative estimate of drug-likeness (QED) is 0.387. The van der Waals surface area contributed by atoms with Gasteiger partial charge in [-0.25, -0.2) is 0 Å². The van der Waals surface area contributed by atoms with Crippen LogP contribution in [0.3, 0.4) is 0 Å². The molecule has 1 heterocycles. The largest absolute Gasteiger partial charge is 0.289 e. The van der Waals surface area contributed by atoms with Crippen LogP contribution in [0.1, 0.15) is 0 Å². The second-order valence-corrected chi connectivity index (χ2v) is 1.11. The van der Waals surface area contributed by atoms with Gasteiger partial charge in [-0.05, 0) is 12.1 Å². The standard InChI is InChI=1S/C5H5N.CHFO/c1-2-4-6-5-3-1;2-1-3/h1-5H;1H. The highest BCUT2D eigenvalue weighted by Crippen LogP contribution is 1.73. The summed E-state index contributed by atoms with van der Waals surface area (Å²) in [5.74, 6) is 0. The lowest BCUT2D eigenvalue weighted by atomic mass is 10.5. The van der Waals surface area contributed by atoms with Crippen LogP contribution in [0.4, 0.5) is 4.39 Å². The Kier molecular flexibility index (Phi) is 5.81. The van der Waals surface area contributed by atoms with Crippen LogP contribution in [0.5, 0.6) is 0 Å². The molecule has 1 aromatic heterocycles. The van der Waals surface area contributed by atoms with Crippen molar-refractivity contribution < 1.29 is 9.18 Å². The lowest BCUT2D eigenvalue weighted by molar-refractivity contribution is 0.510. The lowest BCUT2D eigenvalue weighted by Crippen LogP contribution is -1.58. The third-order valence-electron chi connectivity index (χ3n) is 0.566. The van der Waals surface area contributed by atoms with Crippen LogP contribution in [-0.2, 0) is 4.79 Å². The van der Waals surface area contributed by atoms with Gasteiger partial charge in [-0.15, -0.1) is 0 Å². The predicted molar refractivity (Wildman–Crippen MR) is 32.1 cm³/mol. The van der Waals surface area contributed by atoms with E-state index < -0.39 is 6.54 Å². The Balaban J connectivity index is 0.000000187. The molecular formula is C6H6FNO. The van der Waals surface area contributed by atoms with Crippen molar-refractivity contribution in [3.63, 3.8) is 0 Å². The minimum atomic E-state index is -0.750. The Hall–Kier alpha value is -1.25. The van der Waals surface area contributed by atoms with Crippen molar-refractivity contribution in [2.24, 2.45) is 0 Å². The summed E-state index contributed by atoms with van der Waals surface area (Å²) in [5.41, 5.74) is 0. The summed E-state index contributed by atoms with van der Waals surface area (Å²) in [6, 6.07) is 5.72. The molecule has 0 saturated carbocycles. The maximum atomic E-state index is 9.61. The molecule has 3 heteroatoms. The normalized spacial score (nSPS) is 6.78. The van der Waals surface area contributed by atoms with Gasteiger partial charge < -0.3 is 0 Å². The second kappa shape index (κ2) is 6.75. The summed E-state index contributed by atoms with van der Waals surface area (Å²) in [7, 11) is 0. The first-order valence-electron chi connectivity index (χ1n) is 2.30. The topological polar surface area (TPSA) is 30.0 Å². The molecule has 2 nitrogen and oxygen atoms in total. The number of carbonyl (C=O) groups excluding carboxylic acids is 1. The molecule has 0 bridgehead atoms. The van der Waals surface area contributed by atoms with Crippen molar-refractivity contribution >= 4 is 6.54 Å². The SMILES string of the molecule is O=CF.c1ccncc1. The fraction of sp³-hybridized carbons (Fsp3) is 0. The monoisotopic (exact) mass is 127 g/mol. The van der Waals surface area contributed by atoms with Crippen LogP contribution in [0, 0.1) is 0 Å². The molecule has 0 aliphatic rings. The molecule has 0 N–H and O–H groups in total. The number of rotatable bonds is 0. The van der Waals surface area contributed by atoms with Crippen LogP contribution in [-0.4, -0.2) is 11.5 Å². The molecular weight excluding hydrogens is 121 g/mol. The Labute approximate surface area is 52.3 Å². The molecule has 1 rings (SSSR count). The highest BCUT2D eigenvalue weighted by molar-refractivity contribution is 5.35. The fourth-order valence-corrected chi connectivity index (χ4v) is 0.313. The van der Waals surface area contributed by atoms with Crippen LogP contribution in [0.15, 0.2) is 30.6 Å². The zero-order chi connectivity index (χ0) is 6.95. The number of nitrogens with zero attached hydrogens (tertiary/aromatic N) is 1. The van der Waals surface area contributed by atoms with Crippen molar-refractivity contribution in [2.75, 3.05) is 0 Å². The van der Waals surface area contributed by atoms with Gasteiger partial charge >= 0.3 is 0 Å². The highest BCUT2D eigenvalue weighted by atomic mass is 19.1. The van der Waals surface area contributed by atoms with Crippen LogP contribution in [0.25, 0.3) is 0 Å². The number of hydrogen-bond acceptors (Lipinski definition) is 2. The van der Waals surface area contributed by atoms with E-state index in [1.807, 2.05) is 18.2 Å². The van der Waals surface area contributed by atoms with Crippen LogP contribution < -0.4 is 0 Å². The Morgan fingerprint density at radius 2 is 1.67 bits per heavy atom. The summed E-state index contributed by atoms with van der Waals surface area (Å²) in [4.78, 5) is 11.9. The molecule has 0 aliphatic heterocycles. The van der Waals surface area contributed by atoms with Crippen molar-refractivity contribution in [3.8, 4) is 0 Å². The van der Waals surface area contributed by atoms with Crippen molar-refractivity contribution in [1.82, 2.24) is 4.98 Å². The molecule has 0 unspecified atom stereocenters. The van der Waals surface area contributed by atoms with Gasteiger partial charge in [0.1, 0.15) is 0 Å². The first-order chi connectivity index (χ1) is 4.41. The number of aromatic nitrogens is 1. The maximum absolute atomic E-state index is 9.61. The molecule has 0 aliphatic carbocycles. The van der Waals surface area contributed by atoms with E-state index in [9.17, 15) is 4.39 Å². The van der Waals surface area contributed by atoms with Gasteiger partial charge in [-0.2, -0.15) is 4.39 Å². The number of halogens is 1. The van der Waals surface area contributed by atoms with E-state index in [-0.39, 0.29) is 0 Å². The summed E-state index contributed by atoms with van der Waals surface area (Å²) in [6.07, 6.45) is 3.50. The average Bonchev–Trinajstić information content (AvgIpc) is 1.93. The fourth-order valence-electron chi connectivity index (χ4n) is 0.313. The average molecular weight is 127 g/mol. The Morgan fingerprint density at radius 1 is 1.22 bits per heavy atom. The zero-order valence-corrected chi connectivity index (χ0v) is 4.70. The summed E-state index contributed by atoms with van der Waals surface area (Å²) >= 11 is 0. The lowest BCUT2D eigenvalue weighted by Gasteiger charge is -1.70. The Bertz CT molecular complexity index is 116. The smallest absolute Gasteiger partial charge is 0.265 e. The summed E-state index contributed by atoms with van der Waals surface area (Å²) in [5, 5.41) is 0. The molecule has 0 spiro atoms. The molecule has 0 fully saturated rings. The minimum absolute atomic E-state index is 0.750. The van der Waals surface area contributed by atoms with E-state index in [2.05, 4.69) is 4.98 Å². The molecule has 0 radical (unpaired) electrons. The molecule has 1 aromatic rings. The van der Waals surface area contributed by atoms with Gasteiger partial charge in [0.25, 0.3) is 6.54 Å². The van der Waals surface area contributed by atoms with E-state index in [1.54, 1.807) is 12.4 Å². The molecule has 48 valence electrons.